The number of nitrogens with zero attached hydrogens (tertiary/aromatic N) is 2. The number of hydrogen-bond acceptors (Lipinski definition) is 5. The maximum absolute atomic E-state index is 10.8. The smallest absolute Gasteiger partial charge is 0.296 e. The van der Waals surface area contributed by atoms with Crippen LogP contribution in [0.4, 0.5) is 0 Å². The second-order valence-corrected chi connectivity index (χ2v) is 4.77. The Hall–Kier alpha value is -1.66. The zero-order valence-corrected chi connectivity index (χ0v) is 9.48. The Kier molecular flexibility index (Phi) is 3.26. The summed E-state index contributed by atoms with van der Waals surface area (Å²) in [4.78, 5) is 23.8. The van der Waals surface area contributed by atoms with Crippen molar-refractivity contribution in [2.45, 2.75) is 38.5 Å². The van der Waals surface area contributed by atoms with Gasteiger partial charge in [-0.05, 0) is 12.8 Å². The summed E-state index contributed by atoms with van der Waals surface area (Å²) in [5.74, 6) is -0.189. The average molecular weight is 241 g/mol. The highest BCUT2D eigenvalue weighted by Crippen LogP contribution is 2.38. The molecule has 1 aliphatic carbocycles. The molecule has 7 nitrogen and oxygen atoms in total. The standard InChI is InChI=1S/C10H15N3O4/c14-9-11-8(12-17-9)6-10(7-13(15)16)4-2-1-3-5-10/h1-7H2,(H,11,12,14). The fourth-order valence-electron chi connectivity index (χ4n) is 2.66. The van der Waals surface area contributed by atoms with Crippen LogP contribution in [0.5, 0.6) is 0 Å². The van der Waals surface area contributed by atoms with Crippen molar-refractivity contribution in [3.05, 3.63) is 26.5 Å². The van der Waals surface area contributed by atoms with Gasteiger partial charge in [-0.2, -0.15) is 0 Å². The molecule has 1 saturated carbocycles. The molecule has 1 N–H and O–H groups in total. The van der Waals surface area contributed by atoms with Gasteiger partial charge in [0.05, 0.1) is 0 Å². The van der Waals surface area contributed by atoms with Crippen molar-refractivity contribution in [1.82, 2.24) is 10.1 Å². The number of H-pyrrole nitrogens is 1. The van der Waals surface area contributed by atoms with Crippen molar-refractivity contribution in [3.8, 4) is 0 Å². The molecular formula is C10H15N3O4. The fourth-order valence-corrected chi connectivity index (χ4v) is 2.66. The van der Waals surface area contributed by atoms with Gasteiger partial charge in [0.2, 0.25) is 6.54 Å². The Balaban J connectivity index is 2.14. The number of nitro groups is 1. The van der Waals surface area contributed by atoms with E-state index in [0.29, 0.717) is 12.2 Å². The second-order valence-electron chi connectivity index (χ2n) is 4.77. The Bertz CT molecular complexity index is 444. The number of hydrogen-bond donors (Lipinski definition) is 1. The van der Waals surface area contributed by atoms with E-state index in [2.05, 4.69) is 14.7 Å². The lowest BCUT2D eigenvalue weighted by Gasteiger charge is -2.32. The van der Waals surface area contributed by atoms with E-state index < -0.39 is 5.76 Å². The molecule has 94 valence electrons. The van der Waals surface area contributed by atoms with Gasteiger partial charge in [0.1, 0.15) is 0 Å². The predicted molar refractivity (Wildman–Crippen MR) is 58.2 cm³/mol. The molecule has 1 aliphatic rings. The minimum atomic E-state index is -0.605. The molecule has 0 unspecified atom stereocenters. The SMILES string of the molecule is O=c1[nH]c(CC2(C[N+](=O)[O-])CCCCC2)no1. The fraction of sp³-hybridized carbons (Fsp3) is 0.800. The van der Waals surface area contributed by atoms with Gasteiger partial charge in [0.25, 0.3) is 0 Å². The minimum absolute atomic E-state index is 0.0676. The molecule has 7 heteroatoms. The highest BCUT2D eigenvalue weighted by atomic mass is 16.6. The lowest BCUT2D eigenvalue weighted by molar-refractivity contribution is -0.499. The quantitative estimate of drug-likeness (QED) is 0.628. The maximum Gasteiger partial charge on any atom is 0.438 e. The molecule has 0 radical (unpaired) electrons. The van der Waals surface area contributed by atoms with Gasteiger partial charge in [-0.25, -0.2) is 4.79 Å². The summed E-state index contributed by atoms with van der Waals surface area (Å²) in [5.41, 5.74) is -0.373. The molecule has 0 aromatic carbocycles. The number of aromatic nitrogens is 2. The number of nitrogens with one attached hydrogen (secondary N) is 1. The first-order chi connectivity index (χ1) is 8.10. The molecule has 1 heterocycles. The second kappa shape index (κ2) is 4.68. The number of aromatic amines is 1. The molecule has 0 atom stereocenters. The molecule has 0 bridgehead atoms. The van der Waals surface area contributed by atoms with Gasteiger partial charge >= 0.3 is 5.76 Å². The van der Waals surface area contributed by atoms with Gasteiger partial charge < -0.3 is 0 Å². The molecular weight excluding hydrogens is 226 g/mol. The molecule has 17 heavy (non-hydrogen) atoms. The minimum Gasteiger partial charge on any atom is -0.296 e. The highest BCUT2D eigenvalue weighted by Gasteiger charge is 2.38. The molecule has 0 aliphatic heterocycles. The van der Waals surface area contributed by atoms with E-state index in [1.165, 1.54) is 0 Å². The molecule has 0 spiro atoms. The van der Waals surface area contributed by atoms with Crippen LogP contribution in [-0.4, -0.2) is 21.6 Å². The van der Waals surface area contributed by atoms with Crippen LogP contribution in [0.15, 0.2) is 9.32 Å². The monoisotopic (exact) mass is 241 g/mol. The van der Waals surface area contributed by atoms with Crippen molar-refractivity contribution < 1.29 is 9.45 Å². The van der Waals surface area contributed by atoms with E-state index in [4.69, 9.17) is 0 Å². The van der Waals surface area contributed by atoms with E-state index in [1.807, 2.05) is 0 Å². The van der Waals surface area contributed by atoms with Crippen molar-refractivity contribution in [2.24, 2.45) is 5.41 Å². The third kappa shape index (κ3) is 2.92. The Morgan fingerprint density at radius 2 is 2.12 bits per heavy atom. The van der Waals surface area contributed by atoms with Crippen LogP contribution < -0.4 is 5.76 Å². The Morgan fingerprint density at radius 3 is 2.65 bits per heavy atom. The van der Waals surface area contributed by atoms with Crippen LogP contribution in [0.2, 0.25) is 0 Å². The van der Waals surface area contributed by atoms with E-state index in [1.54, 1.807) is 0 Å². The van der Waals surface area contributed by atoms with Crippen LogP contribution in [0.1, 0.15) is 37.9 Å². The predicted octanol–water partition coefficient (Wildman–Crippen LogP) is 1.13. The van der Waals surface area contributed by atoms with Crippen LogP contribution in [-0.2, 0) is 6.42 Å². The van der Waals surface area contributed by atoms with E-state index >= 15 is 0 Å². The summed E-state index contributed by atoms with van der Waals surface area (Å²) < 4.78 is 4.43. The highest BCUT2D eigenvalue weighted by molar-refractivity contribution is 4.92. The van der Waals surface area contributed by atoms with Crippen LogP contribution in [0.25, 0.3) is 0 Å². The van der Waals surface area contributed by atoms with Gasteiger partial charge in [0, 0.05) is 16.8 Å². The normalized spacial score (nSPS) is 19.1. The van der Waals surface area contributed by atoms with Crippen LogP contribution in [0, 0.1) is 15.5 Å². The maximum atomic E-state index is 10.8. The summed E-state index contributed by atoms with van der Waals surface area (Å²) in [6, 6.07) is 0. The lowest BCUT2D eigenvalue weighted by Crippen LogP contribution is -2.34. The van der Waals surface area contributed by atoms with E-state index in [-0.39, 0.29) is 16.9 Å². The molecule has 0 amide bonds. The molecule has 0 saturated heterocycles. The van der Waals surface area contributed by atoms with E-state index in [9.17, 15) is 14.9 Å². The summed E-state index contributed by atoms with van der Waals surface area (Å²) >= 11 is 0. The largest absolute Gasteiger partial charge is 0.438 e. The summed E-state index contributed by atoms with van der Waals surface area (Å²) in [7, 11) is 0. The zero-order valence-electron chi connectivity index (χ0n) is 9.48. The van der Waals surface area contributed by atoms with Gasteiger partial charge in [-0.1, -0.05) is 24.4 Å². The molecule has 1 aromatic heterocycles. The Morgan fingerprint density at radius 1 is 1.41 bits per heavy atom. The van der Waals surface area contributed by atoms with Crippen molar-refractivity contribution in [3.63, 3.8) is 0 Å². The first-order valence-electron chi connectivity index (χ1n) is 5.76. The van der Waals surface area contributed by atoms with Crippen LogP contribution >= 0.6 is 0 Å². The molecule has 1 fully saturated rings. The van der Waals surface area contributed by atoms with Crippen molar-refractivity contribution >= 4 is 0 Å². The first kappa shape index (κ1) is 11.8. The van der Waals surface area contributed by atoms with Gasteiger partial charge in [-0.3, -0.25) is 19.6 Å². The van der Waals surface area contributed by atoms with E-state index in [0.717, 1.165) is 32.1 Å². The summed E-state index contributed by atoms with van der Waals surface area (Å²) in [5, 5.41) is 14.4. The molecule has 2 rings (SSSR count). The number of rotatable bonds is 4. The van der Waals surface area contributed by atoms with Crippen molar-refractivity contribution in [1.29, 1.82) is 0 Å². The third-order valence-electron chi connectivity index (χ3n) is 3.41. The third-order valence-corrected chi connectivity index (χ3v) is 3.41. The topological polar surface area (TPSA) is 102 Å². The first-order valence-corrected chi connectivity index (χ1v) is 5.76. The Labute approximate surface area is 97.3 Å². The average Bonchev–Trinajstić information content (AvgIpc) is 2.63. The summed E-state index contributed by atoms with van der Waals surface area (Å²) in [6.07, 6.45) is 5.14. The molecule has 1 aromatic rings. The lowest BCUT2D eigenvalue weighted by atomic mass is 9.71. The zero-order chi connectivity index (χ0) is 12.3. The van der Waals surface area contributed by atoms with Gasteiger partial charge in [-0.15, -0.1) is 0 Å². The van der Waals surface area contributed by atoms with Gasteiger partial charge in [0.15, 0.2) is 5.82 Å². The summed E-state index contributed by atoms with van der Waals surface area (Å²) in [6.45, 7) is -0.0676. The van der Waals surface area contributed by atoms with Crippen molar-refractivity contribution in [2.75, 3.05) is 6.54 Å². The van der Waals surface area contributed by atoms with Crippen LogP contribution in [0.3, 0.4) is 0 Å².